The third-order valence-corrected chi connectivity index (χ3v) is 4.81. The van der Waals surface area contributed by atoms with Gasteiger partial charge in [0.15, 0.2) is 0 Å². The topological polar surface area (TPSA) is 29.0 Å². The molecule has 2 heterocycles. The van der Waals surface area contributed by atoms with Gasteiger partial charge in [0, 0.05) is 23.4 Å². The Balaban J connectivity index is 2.44. The van der Waals surface area contributed by atoms with E-state index in [1.165, 1.54) is 4.88 Å². The van der Waals surface area contributed by atoms with Crippen LogP contribution in [-0.4, -0.2) is 23.1 Å². The number of fused-ring (bicyclic) bond motifs is 1. The second-order valence-corrected chi connectivity index (χ2v) is 6.74. The largest absolute Gasteiger partial charge is 0.341 e. The molecule has 0 unspecified atom stereocenters. The van der Waals surface area contributed by atoms with E-state index in [4.69, 9.17) is 16.6 Å². The molecule has 0 aromatic carbocycles. The number of aromatic nitrogens is 2. The summed E-state index contributed by atoms with van der Waals surface area (Å²) in [7, 11) is 0. The van der Waals surface area contributed by atoms with Crippen molar-refractivity contribution in [3.8, 4) is 0 Å². The molecule has 0 saturated carbocycles. The molecule has 0 fully saturated rings. The highest BCUT2D eigenvalue weighted by Gasteiger charge is 2.15. The molecule has 0 N–H and O–H groups in total. The Hall–Kier alpha value is -0.870. The smallest absolute Gasteiger partial charge is 0.228 e. The maximum atomic E-state index is 6.35. The van der Waals surface area contributed by atoms with Crippen molar-refractivity contribution in [1.82, 2.24) is 9.97 Å². The van der Waals surface area contributed by atoms with Gasteiger partial charge >= 0.3 is 0 Å². The van der Waals surface area contributed by atoms with Crippen LogP contribution in [0.2, 0.25) is 5.15 Å². The predicted octanol–water partition coefficient (Wildman–Crippen LogP) is 5.09. The third kappa shape index (κ3) is 3.23. The standard InChI is InChI=1S/C15H22ClN3S/c1-5-7-19(8-6-2)15-17-13(16)11-9-12(10(3)4)20-14(11)18-15/h9-10H,5-8H2,1-4H3. The van der Waals surface area contributed by atoms with Gasteiger partial charge in [0.05, 0.1) is 0 Å². The van der Waals surface area contributed by atoms with Crippen molar-refractivity contribution in [1.29, 1.82) is 0 Å². The van der Waals surface area contributed by atoms with E-state index in [0.29, 0.717) is 11.1 Å². The maximum Gasteiger partial charge on any atom is 0.228 e. The lowest BCUT2D eigenvalue weighted by Gasteiger charge is -2.21. The van der Waals surface area contributed by atoms with Gasteiger partial charge in [-0.1, -0.05) is 39.3 Å². The van der Waals surface area contributed by atoms with Crippen molar-refractivity contribution < 1.29 is 0 Å². The second-order valence-electron chi connectivity index (χ2n) is 5.32. The Bertz CT molecular complexity index is 574. The number of rotatable bonds is 6. The lowest BCUT2D eigenvalue weighted by molar-refractivity contribution is 0.724. The van der Waals surface area contributed by atoms with Gasteiger partial charge < -0.3 is 4.90 Å². The SMILES string of the molecule is CCCN(CCC)c1nc(Cl)c2cc(C(C)C)sc2n1. The van der Waals surface area contributed by atoms with Crippen molar-refractivity contribution in [2.75, 3.05) is 18.0 Å². The van der Waals surface area contributed by atoms with Crippen molar-refractivity contribution in [3.63, 3.8) is 0 Å². The van der Waals surface area contributed by atoms with E-state index in [-0.39, 0.29) is 0 Å². The monoisotopic (exact) mass is 311 g/mol. The second kappa shape index (κ2) is 6.72. The molecule has 0 amide bonds. The van der Waals surface area contributed by atoms with Crippen molar-refractivity contribution >= 4 is 39.1 Å². The highest BCUT2D eigenvalue weighted by atomic mass is 35.5. The van der Waals surface area contributed by atoms with E-state index in [9.17, 15) is 0 Å². The molecule has 0 bridgehead atoms. The van der Waals surface area contributed by atoms with Gasteiger partial charge in [-0.2, -0.15) is 0 Å². The molecule has 0 saturated heterocycles. The lowest BCUT2D eigenvalue weighted by atomic mass is 10.2. The zero-order chi connectivity index (χ0) is 14.7. The molecule has 0 aliphatic carbocycles. The summed E-state index contributed by atoms with van der Waals surface area (Å²) in [5.41, 5.74) is 0. The molecule has 3 nitrogen and oxygen atoms in total. The molecule has 2 aromatic rings. The zero-order valence-electron chi connectivity index (χ0n) is 12.6. The first-order chi connectivity index (χ1) is 9.56. The van der Waals surface area contributed by atoms with Crippen molar-refractivity contribution in [2.24, 2.45) is 0 Å². The fourth-order valence-corrected chi connectivity index (χ4v) is 3.48. The molecule has 2 rings (SSSR count). The summed E-state index contributed by atoms with van der Waals surface area (Å²) in [6, 6.07) is 2.13. The van der Waals surface area contributed by atoms with Crippen LogP contribution in [0.15, 0.2) is 6.07 Å². The molecule has 0 radical (unpaired) electrons. The van der Waals surface area contributed by atoms with E-state index in [2.05, 4.69) is 43.6 Å². The zero-order valence-corrected chi connectivity index (χ0v) is 14.2. The predicted molar refractivity (Wildman–Crippen MR) is 89.3 cm³/mol. The van der Waals surface area contributed by atoms with Gasteiger partial charge in [-0.15, -0.1) is 11.3 Å². The molecule has 0 aliphatic heterocycles. The van der Waals surface area contributed by atoms with E-state index in [1.54, 1.807) is 11.3 Å². The van der Waals surface area contributed by atoms with Crippen LogP contribution < -0.4 is 4.90 Å². The van der Waals surface area contributed by atoms with Crippen molar-refractivity contribution in [3.05, 3.63) is 16.1 Å². The number of anilines is 1. The van der Waals surface area contributed by atoms with Crippen LogP contribution in [0.4, 0.5) is 5.95 Å². The fraction of sp³-hybridized carbons (Fsp3) is 0.600. The molecule has 20 heavy (non-hydrogen) atoms. The molecular formula is C15H22ClN3S. The maximum absolute atomic E-state index is 6.35. The van der Waals surface area contributed by atoms with E-state index in [1.807, 2.05) is 0 Å². The Morgan fingerprint density at radius 3 is 2.40 bits per heavy atom. The highest BCUT2D eigenvalue weighted by molar-refractivity contribution is 7.18. The fourth-order valence-electron chi connectivity index (χ4n) is 2.17. The number of nitrogens with zero attached hydrogens (tertiary/aromatic N) is 3. The summed E-state index contributed by atoms with van der Waals surface area (Å²) >= 11 is 8.08. The minimum absolute atomic E-state index is 0.496. The van der Waals surface area contributed by atoms with Gasteiger partial charge in [0.2, 0.25) is 5.95 Å². The lowest BCUT2D eigenvalue weighted by Crippen LogP contribution is -2.26. The first kappa shape index (κ1) is 15.5. The molecule has 0 spiro atoms. The van der Waals surface area contributed by atoms with Gasteiger partial charge in [0.25, 0.3) is 0 Å². The molecule has 0 aliphatic rings. The van der Waals surface area contributed by atoms with Gasteiger partial charge in [0.1, 0.15) is 9.98 Å². The first-order valence-electron chi connectivity index (χ1n) is 7.28. The van der Waals surface area contributed by atoms with E-state index >= 15 is 0 Å². The van der Waals surface area contributed by atoms with Crippen LogP contribution in [0.5, 0.6) is 0 Å². The van der Waals surface area contributed by atoms with Gasteiger partial charge in [-0.05, 0) is 24.8 Å². The molecular weight excluding hydrogens is 290 g/mol. The molecule has 2 aromatic heterocycles. The van der Waals surface area contributed by atoms with E-state index in [0.717, 1.165) is 42.1 Å². The number of hydrogen-bond donors (Lipinski definition) is 0. The average Bonchev–Trinajstić information content (AvgIpc) is 2.83. The van der Waals surface area contributed by atoms with Gasteiger partial charge in [-0.25, -0.2) is 9.97 Å². The van der Waals surface area contributed by atoms with Crippen LogP contribution in [0.25, 0.3) is 10.2 Å². The summed E-state index contributed by atoms with van der Waals surface area (Å²) in [4.78, 5) is 13.8. The average molecular weight is 312 g/mol. The van der Waals surface area contributed by atoms with Crippen LogP contribution in [0.3, 0.4) is 0 Å². The van der Waals surface area contributed by atoms with Crippen LogP contribution in [0, 0.1) is 0 Å². The number of halogens is 1. The number of thiophene rings is 1. The Morgan fingerprint density at radius 2 is 1.85 bits per heavy atom. The van der Waals surface area contributed by atoms with Gasteiger partial charge in [-0.3, -0.25) is 0 Å². The summed E-state index contributed by atoms with van der Waals surface area (Å²) in [6.07, 6.45) is 2.17. The first-order valence-corrected chi connectivity index (χ1v) is 8.48. The molecule has 0 atom stereocenters. The quantitative estimate of drug-likeness (QED) is 0.695. The Morgan fingerprint density at radius 1 is 1.20 bits per heavy atom. The van der Waals surface area contributed by atoms with Crippen molar-refractivity contribution in [2.45, 2.75) is 46.5 Å². The summed E-state index contributed by atoms with van der Waals surface area (Å²) < 4.78 is 0. The van der Waals surface area contributed by atoms with Crippen LogP contribution in [0.1, 0.15) is 51.3 Å². The van der Waals surface area contributed by atoms with Crippen LogP contribution in [-0.2, 0) is 0 Å². The highest BCUT2D eigenvalue weighted by Crippen LogP contribution is 2.34. The summed E-state index contributed by atoms with van der Waals surface area (Å²) in [6.45, 7) is 10.7. The summed E-state index contributed by atoms with van der Waals surface area (Å²) in [5, 5.41) is 1.56. The minimum Gasteiger partial charge on any atom is -0.341 e. The summed E-state index contributed by atoms with van der Waals surface area (Å²) in [5.74, 6) is 1.26. The Labute approximate surface area is 130 Å². The third-order valence-electron chi connectivity index (χ3n) is 3.19. The molecule has 110 valence electrons. The number of hydrogen-bond acceptors (Lipinski definition) is 4. The normalized spacial score (nSPS) is 11.5. The van der Waals surface area contributed by atoms with Crippen LogP contribution >= 0.6 is 22.9 Å². The molecule has 5 heteroatoms. The Kier molecular flexibility index (Phi) is 5.22. The minimum atomic E-state index is 0.496. The van der Waals surface area contributed by atoms with E-state index < -0.39 is 0 Å².